The Morgan fingerprint density at radius 1 is 0.967 bits per heavy atom. The van der Waals surface area contributed by atoms with Crippen LogP contribution >= 0.6 is 0 Å². The fourth-order valence-corrected chi connectivity index (χ4v) is 3.64. The SMILES string of the molecule is CCOc1ccc(OCCNC(=O)CN2CCN(c3cccc(C)c3C)CC2)cc1. The molecule has 0 aromatic heterocycles. The molecule has 1 aliphatic rings. The van der Waals surface area contributed by atoms with Crippen molar-refractivity contribution in [2.75, 3.05) is 57.4 Å². The van der Waals surface area contributed by atoms with E-state index in [1.807, 2.05) is 31.2 Å². The number of ether oxygens (including phenoxy) is 2. The van der Waals surface area contributed by atoms with Crippen LogP contribution in [0.5, 0.6) is 11.5 Å². The van der Waals surface area contributed by atoms with Crippen LogP contribution in [0.3, 0.4) is 0 Å². The van der Waals surface area contributed by atoms with Crippen molar-refractivity contribution in [1.82, 2.24) is 10.2 Å². The van der Waals surface area contributed by atoms with E-state index in [1.165, 1.54) is 16.8 Å². The average Bonchev–Trinajstić information content (AvgIpc) is 2.75. The van der Waals surface area contributed by atoms with Gasteiger partial charge in [0.2, 0.25) is 5.91 Å². The van der Waals surface area contributed by atoms with Gasteiger partial charge in [-0.2, -0.15) is 0 Å². The molecular weight excluding hydrogens is 378 g/mol. The number of benzene rings is 2. The van der Waals surface area contributed by atoms with Crippen LogP contribution in [0.4, 0.5) is 5.69 Å². The van der Waals surface area contributed by atoms with Crippen molar-refractivity contribution in [3.8, 4) is 11.5 Å². The highest BCUT2D eigenvalue weighted by Gasteiger charge is 2.20. The Morgan fingerprint density at radius 3 is 2.30 bits per heavy atom. The first kappa shape index (κ1) is 22.0. The highest BCUT2D eigenvalue weighted by molar-refractivity contribution is 5.78. The maximum Gasteiger partial charge on any atom is 0.234 e. The number of hydrogen-bond donors (Lipinski definition) is 1. The Labute approximate surface area is 179 Å². The van der Waals surface area contributed by atoms with Gasteiger partial charge >= 0.3 is 0 Å². The Balaban J connectivity index is 1.33. The van der Waals surface area contributed by atoms with Crippen LogP contribution in [0.2, 0.25) is 0 Å². The van der Waals surface area contributed by atoms with Gasteiger partial charge in [-0.25, -0.2) is 0 Å². The number of carbonyl (C=O) groups is 1. The van der Waals surface area contributed by atoms with Gasteiger partial charge in [0, 0.05) is 31.9 Å². The number of rotatable bonds is 9. The maximum atomic E-state index is 12.3. The number of aryl methyl sites for hydroxylation is 1. The number of anilines is 1. The molecule has 162 valence electrons. The van der Waals surface area contributed by atoms with Crippen molar-refractivity contribution in [2.45, 2.75) is 20.8 Å². The van der Waals surface area contributed by atoms with Crippen molar-refractivity contribution >= 4 is 11.6 Å². The smallest absolute Gasteiger partial charge is 0.234 e. The lowest BCUT2D eigenvalue weighted by Crippen LogP contribution is -2.50. The van der Waals surface area contributed by atoms with Crippen molar-refractivity contribution < 1.29 is 14.3 Å². The van der Waals surface area contributed by atoms with Crippen molar-refractivity contribution in [3.63, 3.8) is 0 Å². The number of nitrogens with one attached hydrogen (secondary N) is 1. The maximum absolute atomic E-state index is 12.3. The third kappa shape index (κ3) is 6.13. The molecule has 0 atom stereocenters. The molecule has 0 unspecified atom stereocenters. The zero-order chi connectivity index (χ0) is 21.3. The van der Waals surface area contributed by atoms with Crippen LogP contribution in [0, 0.1) is 13.8 Å². The van der Waals surface area contributed by atoms with Gasteiger partial charge in [-0.3, -0.25) is 9.69 Å². The minimum atomic E-state index is 0.0467. The highest BCUT2D eigenvalue weighted by Crippen LogP contribution is 2.23. The molecule has 1 fully saturated rings. The van der Waals surface area contributed by atoms with Crippen molar-refractivity contribution in [3.05, 3.63) is 53.6 Å². The van der Waals surface area contributed by atoms with E-state index < -0.39 is 0 Å². The largest absolute Gasteiger partial charge is 0.494 e. The summed E-state index contributed by atoms with van der Waals surface area (Å²) in [6.45, 7) is 12.0. The van der Waals surface area contributed by atoms with E-state index in [1.54, 1.807) is 0 Å². The van der Waals surface area contributed by atoms with Crippen molar-refractivity contribution in [2.24, 2.45) is 0 Å². The minimum absolute atomic E-state index is 0.0467. The lowest BCUT2D eigenvalue weighted by atomic mass is 10.1. The molecule has 2 aromatic carbocycles. The highest BCUT2D eigenvalue weighted by atomic mass is 16.5. The summed E-state index contributed by atoms with van der Waals surface area (Å²) in [4.78, 5) is 16.9. The predicted octanol–water partition coefficient (Wildman–Crippen LogP) is 3.02. The Kier molecular flexibility index (Phi) is 7.97. The molecule has 6 heteroatoms. The summed E-state index contributed by atoms with van der Waals surface area (Å²) in [6.07, 6.45) is 0. The lowest BCUT2D eigenvalue weighted by Gasteiger charge is -2.36. The number of nitrogens with zero attached hydrogens (tertiary/aromatic N) is 2. The fourth-order valence-electron chi connectivity index (χ4n) is 3.64. The van der Waals surface area contributed by atoms with Crippen LogP contribution in [0.1, 0.15) is 18.1 Å². The topological polar surface area (TPSA) is 54.0 Å². The summed E-state index contributed by atoms with van der Waals surface area (Å²) >= 11 is 0. The normalized spacial score (nSPS) is 14.4. The lowest BCUT2D eigenvalue weighted by molar-refractivity contribution is -0.122. The standard InChI is InChI=1S/C24H33N3O3/c1-4-29-21-8-10-22(11-9-21)30-17-12-25-24(28)18-26-13-15-27(16-14-26)23-7-5-6-19(2)20(23)3/h5-11H,4,12-18H2,1-3H3,(H,25,28). The van der Waals surface area contributed by atoms with Gasteiger partial charge in [0.1, 0.15) is 18.1 Å². The average molecular weight is 412 g/mol. The Hall–Kier alpha value is -2.73. The number of piperazine rings is 1. The van der Waals surface area contributed by atoms with Gasteiger partial charge in [-0.1, -0.05) is 12.1 Å². The van der Waals surface area contributed by atoms with Crippen LogP contribution < -0.4 is 19.7 Å². The fraction of sp³-hybridized carbons (Fsp3) is 0.458. The second-order valence-corrected chi connectivity index (χ2v) is 7.59. The first-order valence-corrected chi connectivity index (χ1v) is 10.7. The quantitative estimate of drug-likeness (QED) is 0.643. The van der Waals surface area contributed by atoms with E-state index in [9.17, 15) is 4.79 Å². The summed E-state index contributed by atoms with van der Waals surface area (Å²) in [5, 5.41) is 2.95. The van der Waals surface area contributed by atoms with Gasteiger partial charge < -0.3 is 19.7 Å². The van der Waals surface area contributed by atoms with Gasteiger partial charge in [0.15, 0.2) is 0 Å². The molecule has 30 heavy (non-hydrogen) atoms. The summed E-state index contributed by atoms with van der Waals surface area (Å²) in [5.74, 6) is 1.65. The van der Waals surface area contributed by atoms with E-state index in [-0.39, 0.29) is 5.91 Å². The zero-order valence-corrected chi connectivity index (χ0v) is 18.3. The molecule has 1 N–H and O–H groups in total. The second kappa shape index (κ2) is 10.9. The van der Waals surface area contributed by atoms with E-state index in [0.29, 0.717) is 26.3 Å². The van der Waals surface area contributed by atoms with Crippen LogP contribution in [0.15, 0.2) is 42.5 Å². The molecule has 1 amide bonds. The Morgan fingerprint density at radius 2 is 1.63 bits per heavy atom. The third-order valence-corrected chi connectivity index (χ3v) is 5.48. The van der Waals surface area contributed by atoms with Gasteiger partial charge in [-0.15, -0.1) is 0 Å². The molecule has 0 spiro atoms. The number of carbonyl (C=O) groups excluding carboxylic acids is 1. The molecule has 1 heterocycles. The molecule has 2 aromatic rings. The molecule has 3 rings (SSSR count). The van der Waals surface area contributed by atoms with Gasteiger partial charge in [-0.05, 0) is 62.2 Å². The molecular formula is C24H33N3O3. The first-order valence-electron chi connectivity index (χ1n) is 10.7. The van der Waals surface area contributed by atoms with E-state index >= 15 is 0 Å². The molecule has 0 aliphatic carbocycles. The Bertz CT molecular complexity index is 815. The third-order valence-electron chi connectivity index (χ3n) is 5.48. The van der Waals surface area contributed by atoms with E-state index in [4.69, 9.17) is 9.47 Å². The molecule has 1 aliphatic heterocycles. The predicted molar refractivity (Wildman–Crippen MR) is 121 cm³/mol. The second-order valence-electron chi connectivity index (χ2n) is 7.59. The summed E-state index contributed by atoms with van der Waals surface area (Å²) < 4.78 is 11.1. The zero-order valence-electron chi connectivity index (χ0n) is 18.3. The number of amides is 1. The molecule has 6 nitrogen and oxygen atoms in total. The van der Waals surface area contributed by atoms with Gasteiger partial charge in [0.05, 0.1) is 19.7 Å². The summed E-state index contributed by atoms with van der Waals surface area (Å²) in [6, 6.07) is 14.0. The molecule has 1 saturated heterocycles. The summed E-state index contributed by atoms with van der Waals surface area (Å²) in [5.41, 5.74) is 3.98. The molecule has 0 saturated carbocycles. The van der Waals surface area contributed by atoms with Crippen molar-refractivity contribution in [1.29, 1.82) is 0 Å². The minimum Gasteiger partial charge on any atom is -0.494 e. The molecule has 0 radical (unpaired) electrons. The van der Waals surface area contributed by atoms with Crippen LogP contribution in [-0.2, 0) is 4.79 Å². The first-order chi connectivity index (χ1) is 14.6. The van der Waals surface area contributed by atoms with E-state index in [2.05, 4.69) is 47.2 Å². The van der Waals surface area contributed by atoms with Crippen LogP contribution in [-0.4, -0.2) is 63.3 Å². The number of hydrogen-bond acceptors (Lipinski definition) is 5. The van der Waals surface area contributed by atoms with Gasteiger partial charge in [0.25, 0.3) is 0 Å². The van der Waals surface area contributed by atoms with E-state index in [0.717, 1.165) is 37.7 Å². The van der Waals surface area contributed by atoms with Crippen LogP contribution in [0.25, 0.3) is 0 Å². The molecule has 0 bridgehead atoms. The monoisotopic (exact) mass is 411 g/mol. The summed E-state index contributed by atoms with van der Waals surface area (Å²) in [7, 11) is 0.